The van der Waals surface area contributed by atoms with Crippen molar-refractivity contribution in [3.05, 3.63) is 10.8 Å². The minimum absolute atomic E-state index is 0.0175. The normalized spacial score (nSPS) is 18.1. The molecule has 1 atom stereocenters. The van der Waals surface area contributed by atoms with Crippen molar-refractivity contribution in [1.82, 2.24) is 15.3 Å². The summed E-state index contributed by atoms with van der Waals surface area (Å²) in [7, 11) is 0. The zero-order chi connectivity index (χ0) is 14.5. The Hall–Kier alpha value is -1.37. The molecule has 0 spiro atoms. The van der Waals surface area contributed by atoms with E-state index in [-0.39, 0.29) is 11.9 Å². The standard InChI is InChI=1S/C13H20BrN5O/c1-3-5-15-12-11(14)13(17-8-16-12)19-6-4-10(7-19)18-9(2)20/h8,10H,3-7H2,1-2H3,(H,18,20)(H,15,16,17). The summed E-state index contributed by atoms with van der Waals surface area (Å²) in [5, 5.41) is 6.23. The molecule has 110 valence electrons. The predicted molar refractivity (Wildman–Crippen MR) is 82.9 cm³/mol. The number of halogens is 1. The molecule has 6 nitrogen and oxygen atoms in total. The molecule has 1 aliphatic rings. The van der Waals surface area contributed by atoms with Crippen molar-refractivity contribution in [3.8, 4) is 0 Å². The third kappa shape index (κ3) is 3.59. The van der Waals surface area contributed by atoms with Crippen LogP contribution in [0.25, 0.3) is 0 Å². The highest BCUT2D eigenvalue weighted by Gasteiger charge is 2.26. The van der Waals surface area contributed by atoms with Gasteiger partial charge in [-0.25, -0.2) is 9.97 Å². The topological polar surface area (TPSA) is 70.2 Å². The molecule has 0 aromatic carbocycles. The van der Waals surface area contributed by atoms with Crippen LogP contribution < -0.4 is 15.5 Å². The number of hydrogen-bond acceptors (Lipinski definition) is 5. The summed E-state index contributed by atoms with van der Waals surface area (Å²) in [5.41, 5.74) is 0. The number of hydrogen-bond donors (Lipinski definition) is 2. The smallest absolute Gasteiger partial charge is 0.217 e. The van der Waals surface area contributed by atoms with E-state index in [1.807, 2.05) is 0 Å². The highest BCUT2D eigenvalue weighted by Crippen LogP contribution is 2.31. The second kappa shape index (κ2) is 6.88. The molecule has 0 saturated carbocycles. The molecular weight excluding hydrogens is 322 g/mol. The largest absolute Gasteiger partial charge is 0.369 e. The second-order valence-electron chi connectivity index (χ2n) is 4.92. The van der Waals surface area contributed by atoms with E-state index in [4.69, 9.17) is 0 Å². The average Bonchev–Trinajstić information content (AvgIpc) is 2.85. The molecule has 2 N–H and O–H groups in total. The van der Waals surface area contributed by atoms with Gasteiger partial charge in [-0.15, -0.1) is 0 Å². The van der Waals surface area contributed by atoms with Crippen molar-refractivity contribution in [3.63, 3.8) is 0 Å². The third-order valence-electron chi connectivity index (χ3n) is 3.21. The Balaban J connectivity index is 2.07. The van der Waals surface area contributed by atoms with Gasteiger partial charge < -0.3 is 15.5 Å². The number of aromatic nitrogens is 2. The first-order chi connectivity index (χ1) is 9.61. The average molecular weight is 342 g/mol. The molecule has 1 saturated heterocycles. The lowest BCUT2D eigenvalue weighted by molar-refractivity contribution is -0.119. The van der Waals surface area contributed by atoms with Crippen molar-refractivity contribution in [2.24, 2.45) is 0 Å². The maximum Gasteiger partial charge on any atom is 0.217 e. The summed E-state index contributed by atoms with van der Waals surface area (Å²) < 4.78 is 0.886. The number of rotatable bonds is 5. The Morgan fingerprint density at radius 1 is 1.55 bits per heavy atom. The summed E-state index contributed by atoms with van der Waals surface area (Å²) in [6.45, 7) is 6.21. The van der Waals surface area contributed by atoms with Gasteiger partial charge in [0.25, 0.3) is 0 Å². The maximum absolute atomic E-state index is 11.1. The van der Waals surface area contributed by atoms with Gasteiger partial charge in [-0.3, -0.25) is 4.79 Å². The molecule has 1 fully saturated rings. The van der Waals surface area contributed by atoms with E-state index in [9.17, 15) is 4.79 Å². The van der Waals surface area contributed by atoms with Gasteiger partial charge in [0.2, 0.25) is 5.91 Å². The van der Waals surface area contributed by atoms with E-state index in [2.05, 4.69) is 48.4 Å². The summed E-state index contributed by atoms with van der Waals surface area (Å²) in [6.07, 6.45) is 3.55. The number of nitrogens with zero attached hydrogens (tertiary/aromatic N) is 3. The highest BCUT2D eigenvalue weighted by molar-refractivity contribution is 9.10. The molecule has 0 radical (unpaired) electrons. The zero-order valence-corrected chi connectivity index (χ0v) is 13.4. The van der Waals surface area contributed by atoms with E-state index in [0.717, 1.165) is 48.6 Å². The van der Waals surface area contributed by atoms with Crippen LogP contribution in [0, 0.1) is 0 Å². The summed E-state index contributed by atoms with van der Waals surface area (Å²) in [5.74, 6) is 1.72. The third-order valence-corrected chi connectivity index (χ3v) is 3.94. The molecule has 0 bridgehead atoms. The fourth-order valence-electron chi connectivity index (χ4n) is 2.31. The maximum atomic E-state index is 11.1. The predicted octanol–water partition coefficient (Wildman–Crippen LogP) is 1.78. The SMILES string of the molecule is CCCNc1ncnc(N2CCC(NC(C)=O)C2)c1Br. The molecular formula is C13H20BrN5O. The van der Waals surface area contributed by atoms with Crippen LogP contribution in [0.15, 0.2) is 10.8 Å². The molecule has 0 aliphatic carbocycles. The fraction of sp³-hybridized carbons (Fsp3) is 0.615. The molecule has 7 heteroatoms. The van der Waals surface area contributed by atoms with Gasteiger partial charge in [0.05, 0.1) is 0 Å². The molecule has 1 amide bonds. The van der Waals surface area contributed by atoms with E-state index >= 15 is 0 Å². The van der Waals surface area contributed by atoms with Crippen LogP contribution in [0.2, 0.25) is 0 Å². The van der Waals surface area contributed by atoms with E-state index < -0.39 is 0 Å². The zero-order valence-electron chi connectivity index (χ0n) is 11.8. The van der Waals surface area contributed by atoms with Gasteiger partial charge >= 0.3 is 0 Å². The number of amides is 1. The first-order valence-corrected chi connectivity index (χ1v) is 7.67. The number of nitrogens with one attached hydrogen (secondary N) is 2. The van der Waals surface area contributed by atoms with Crippen molar-refractivity contribution >= 4 is 33.5 Å². The molecule has 20 heavy (non-hydrogen) atoms. The summed E-state index contributed by atoms with van der Waals surface area (Å²) >= 11 is 3.58. The van der Waals surface area contributed by atoms with Crippen LogP contribution >= 0.6 is 15.9 Å². The van der Waals surface area contributed by atoms with Crippen LogP contribution in [0.5, 0.6) is 0 Å². The second-order valence-corrected chi connectivity index (χ2v) is 5.71. The Morgan fingerprint density at radius 2 is 2.35 bits per heavy atom. The Morgan fingerprint density at radius 3 is 3.05 bits per heavy atom. The van der Waals surface area contributed by atoms with Gasteiger partial charge in [-0.2, -0.15) is 0 Å². The van der Waals surface area contributed by atoms with Crippen LogP contribution in [0.3, 0.4) is 0 Å². The molecule has 2 rings (SSSR count). The minimum Gasteiger partial charge on any atom is -0.369 e. The number of anilines is 2. The molecule has 2 heterocycles. The summed E-state index contributed by atoms with van der Waals surface area (Å²) in [6, 6.07) is 0.196. The van der Waals surface area contributed by atoms with Crippen molar-refractivity contribution < 1.29 is 4.79 Å². The van der Waals surface area contributed by atoms with Gasteiger partial charge in [0.15, 0.2) is 0 Å². The summed E-state index contributed by atoms with van der Waals surface area (Å²) in [4.78, 5) is 21.9. The van der Waals surface area contributed by atoms with Gasteiger partial charge in [-0.1, -0.05) is 6.92 Å². The van der Waals surface area contributed by atoms with Crippen molar-refractivity contribution in [2.45, 2.75) is 32.7 Å². The lowest BCUT2D eigenvalue weighted by Crippen LogP contribution is -2.35. The molecule has 1 aromatic rings. The van der Waals surface area contributed by atoms with Gasteiger partial charge in [0.1, 0.15) is 22.4 Å². The molecule has 1 unspecified atom stereocenters. The van der Waals surface area contributed by atoms with Crippen LogP contribution in [-0.2, 0) is 4.79 Å². The Labute approximate surface area is 127 Å². The van der Waals surface area contributed by atoms with Gasteiger partial charge in [0, 0.05) is 32.6 Å². The number of carbonyl (C=O) groups excluding carboxylic acids is 1. The minimum atomic E-state index is 0.0175. The first-order valence-electron chi connectivity index (χ1n) is 6.88. The Bertz CT molecular complexity index is 482. The lowest BCUT2D eigenvalue weighted by Gasteiger charge is -2.20. The van der Waals surface area contributed by atoms with E-state index in [1.165, 1.54) is 0 Å². The first kappa shape index (κ1) is 15.0. The van der Waals surface area contributed by atoms with E-state index in [1.54, 1.807) is 13.3 Å². The Kier molecular flexibility index (Phi) is 5.17. The quantitative estimate of drug-likeness (QED) is 0.854. The van der Waals surface area contributed by atoms with Crippen LogP contribution in [-0.4, -0.2) is 41.6 Å². The highest BCUT2D eigenvalue weighted by atomic mass is 79.9. The lowest BCUT2D eigenvalue weighted by atomic mass is 10.3. The van der Waals surface area contributed by atoms with Crippen LogP contribution in [0.1, 0.15) is 26.7 Å². The number of carbonyl (C=O) groups is 1. The van der Waals surface area contributed by atoms with Crippen LogP contribution in [0.4, 0.5) is 11.6 Å². The van der Waals surface area contributed by atoms with E-state index in [0.29, 0.717) is 0 Å². The monoisotopic (exact) mass is 341 g/mol. The molecule has 1 aliphatic heterocycles. The van der Waals surface area contributed by atoms with Crippen molar-refractivity contribution in [2.75, 3.05) is 29.9 Å². The fourth-order valence-corrected chi connectivity index (χ4v) is 2.90. The molecule has 1 aromatic heterocycles. The van der Waals surface area contributed by atoms with Crippen molar-refractivity contribution in [1.29, 1.82) is 0 Å². The van der Waals surface area contributed by atoms with Gasteiger partial charge in [-0.05, 0) is 28.8 Å².